The Morgan fingerprint density at radius 2 is 2.58 bits per heavy atom. The zero-order chi connectivity index (χ0) is 8.18. The summed E-state index contributed by atoms with van der Waals surface area (Å²) in [4.78, 5) is 0. The Balaban J connectivity index is 2.00. The highest BCUT2D eigenvalue weighted by Crippen LogP contribution is 2.55. The van der Waals surface area contributed by atoms with Gasteiger partial charge in [-0.3, -0.25) is 0 Å². The fourth-order valence-electron chi connectivity index (χ4n) is 2.49. The third-order valence-corrected chi connectivity index (χ3v) is 3.20. The van der Waals surface area contributed by atoms with Gasteiger partial charge in [0.15, 0.2) is 0 Å². The van der Waals surface area contributed by atoms with Gasteiger partial charge in [-0.25, -0.2) is 0 Å². The van der Waals surface area contributed by atoms with Crippen molar-refractivity contribution < 1.29 is 9.47 Å². The van der Waals surface area contributed by atoms with Crippen molar-refractivity contribution in [2.45, 2.75) is 30.7 Å². The lowest BCUT2D eigenvalue weighted by Crippen LogP contribution is -2.19. The molecule has 1 saturated heterocycles. The maximum Gasteiger partial charge on any atom is 0.123 e. The van der Waals surface area contributed by atoms with E-state index in [0.717, 1.165) is 12.8 Å². The molecule has 3 atom stereocenters. The predicted octanol–water partition coefficient (Wildman–Crippen LogP) is 1.43. The average molecular weight is 164 g/mol. The monoisotopic (exact) mass is 164 g/mol. The summed E-state index contributed by atoms with van der Waals surface area (Å²) in [6.07, 6.45) is 9.29. The number of epoxide rings is 1. The number of rotatable bonds is 1. The molecule has 12 heavy (non-hydrogen) atoms. The van der Waals surface area contributed by atoms with Crippen LogP contribution in [0.25, 0.3) is 0 Å². The van der Waals surface area contributed by atoms with Gasteiger partial charge in [0.1, 0.15) is 11.7 Å². The first-order valence-corrected chi connectivity index (χ1v) is 4.46. The molecule has 1 heterocycles. The van der Waals surface area contributed by atoms with Crippen molar-refractivity contribution in [3.05, 3.63) is 23.8 Å². The molecule has 0 bridgehead atoms. The number of ether oxygens (including phenoxy) is 2. The van der Waals surface area contributed by atoms with Gasteiger partial charge in [0.05, 0.1) is 6.10 Å². The molecular formula is C10H12O2. The molecule has 2 aliphatic carbocycles. The zero-order valence-electron chi connectivity index (χ0n) is 7.12. The maximum absolute atomic E-state index is 5.69. The molecule has 1 spiro atoms. The summed E-state index contributed by atoms with van der Waals surface area (Å²) in [6.45, 7) is 0. The first kappa shape index (κ1) is 6.87. The molecule has 0 amide bonds. The SMILES string of the molecule is COC1CCC23OC2C=CC=C13. The van der Waals surface area contributed by atoms with Crippen molar-refractivity contribution in [2.24, 2.45) is 0 Å². The predicted molar refractivity (Wildman–Crippen MR) is 44.9 cm³/mol. The van der Waals surface area contributed by atoms with E-state index in [1.165, 1.54) is 5.57 Å². The van der Waals surface area contributed by atoms with Gasteiger partial charge in [0.2, 0.25) is 0 Å². The van der Waals surface area contributed by atoms with Gasteiger partial charge >= 0.3 is 0 Å². The normalized spacial score (nSPS) is 48.2. The lowest BCUT2D eigenvalue weighted by atomic mass is 9.94. The van der Waals surface area contributed by atoms with Crippen LogP contribution in [0.3, 0.4) is 0 Å². The Bertz CT molecular complexity index is 280. The topological polar surface area (TPSA) is 21.8 Å². The Morgan fingerprint density at radius 1 is 1.67 bits per heavy atom. The lowest BCUT2D eigenvalue weighted by Gasteiger charge is -2.13. The summed E-state index contributed by atoms with van der Waals surface area (Å²) in [7, 11) is 1.78. The average Bonchev–Trinajstić information content (AvgIpc) is 2.70. The summed E-state index contributed by atoms with van der Waals surface area (Å²) in [5.41, 5.74) is 1.44. The molecule has 3 unspecified atom stereocenters. The highest BCUT2D eigenvalue weighted by atomic mass is 16.6. The van der Waals surface area contributed by atoms with Crippen LogP contribution in [0.4, 0.5) is 0 Å². The third kappa shape index (κ3) is 0.632. The van der Waals surface area contributed by atoms with Crippen LogP contribution in [0, 0.1) is 0 Å². The number of allylic oxidation sites excluding steroid dienone is 2. The van der Waals surface area contributed by atoms with Crippen LogP contribution < -0.4 is 0 Å². The van der Waals surface area contributed by atoms with Crippen LogP contribution in [0.5, 0.6) is 0 Å². The van der Waals surface area contributed by atoms with E-state index in [1.54, 1.807) is 7.11 Å². The highest BCUT2D eigenvalue weighted by molar-refractivity contribution is 5.44. The van der Waals surface area contributed by atoms with Crippen molar-refractivity contribution in [2.75, 3.05) is 7.11 Å². The molecule has 1 aliphatic heterocycles. The van der Waals surface area contributed by atoms with Crippen molar-refractivity contribution >= 4 is 0 Å². The van der Waals surface area contributed by atoms with Crippen molar-refractivity contribution in [1.29, 1.82) is 0 Å². The summed E-state index contributed by atoms with van der Waals surface area (Å²) in [5, 5.41) is 0. The zero-order valence-corrected chi connectivity index (χ0v) is 7.12. The summed E-state index contributed by atoms with van der Waals surface area (Å²) < 4.78 is 11.1. The molecule has 0 N–H and O–H groups in total. The van der Waals surface area contributed by atoms with Gasteiger partial charge in [-0.15, -0.1) is 0 Å². The van der Waals surface area contributed by atoms with E-state index in [0.29, 0.717) is 12.2 Å². The first-order chi connectivity index (χ1) is 5.87. The van der Waals surface area contributed by atoms with Crippen LogP contribution in [0.15, 0.2) is 23.8 Å². The van der Waals surface area contributed by atoms with Crippen molar-refractivity contribution in [1.82, 2.24) is 0 Å². The molecule has 2 fully saturated rings. The van der Waals surface area contributed by atoms with Gasteiger partial charge < -0.3 is 9.47 Å². The highest BCUT2D eigenvalue weighted by Gasteiger charge is 2.63. The first-order valence-electron chi connectivity index (χ1n) is 4.46. The van der Waals surface area contributed by atoms with Crippen LogP contribution in [-0.2, 0) is 9.47 Å². The molecule has 0 radical (unpaired) electrons. The van der Waals surface area contributed by atoms with Crippen molar-refractivity contribution in [3.8, 4) is 0 Å². The Morgan fingerprint density at radius 3 is 3.42 bits per heavy atom. The molecule has 0 aromatic heterocycles. The molecule has 0 aromatic rings. The van der Waals surface area contributed by atoms with Gasteiger partial charge in [-0.05, 0) is 18.4 Å². The molecule has 2 heteroatoms. The van der Waals surface area contributed by atoms with Gasteiger partial charge in [-0.2, -0.15) is 0 Å². The minimum atomic E-state index is 0.0788. The van der Waals surface area contributed by atoms with Crippen LogP contribution in [0.2, 0.25) is 0 Å². The fraction of sp³-hybridized carbons (Fsp3) is 0.600. The maximum atomic E-state index is 5.69. The van der Waals surface area contributed by atoms with E-state index in [4.69, 9.17) is 9.47 Å². The number of methoxy groups -OCH3 is 1. The minimum Gasteiger partial charge on any atom is -0.377 e. The number of hydrogen-bond donors (Lipinski definition) is 0. The van der Waals surface area contributed by atoms with Crippen LogP contribution >= 0.6 is 0 Å². The van der Waals surface area contributed by atoms with Gasteiger partial charge in [0.25, 0.3) is 0 Å². The lowest BCUT2D eigenvalue weighted by molar-refractivity contribution is 0.135. The second-order valence-electron chi connectivity index (χ2n) is 3.70. The van der Waals surface area contributed by atoms with E-state index >= 15 is 0 Å². The molecule has 0 aromatic carbocycles. The largest absolute Gasteiger partial charge is 0.377 e. The van der Waals surface area contributed by atoms with Gasteiger partial charge in [0, 0.05) is 7.11 Å². The molecular weight excluding hydrogens is 152 g/mol. The van der Waals surface area contributed by atoms with E-state index in [-0.39, 0.29) is 5.60 Å². The minimum absolute atomic E-state index is 0.0788. The smallest absolute Gasteiger partial charge is 0.123 e. The van der Waals surface area contributed by atoms with Crippen LogP contribution in [-0.4, -0.2) is 24.9 Å². The summed E-state index contributed by atoms with van der Waals surface area (Å²) >= 11 is 0. The third-order valence-electron chi connectivity index (χ3n) is 3.20. The van der Waals surface area contributed by atoms with Crippen molar-refractivity contribution in [3.63, 3.8) is 0 Å². The van der Waals surface area contributed by atoms with E-state index in [9.17, 15) is 0 Å². The van der Waals surface area contributed by atoms with Crippen LogP contribution in [0.1, 0.15) is 12.8 Å². The molecule has 3 rings (SSSR count). The number of hydrogen-bond acceptors (Lipinski definition) is 2. The van der Waals surface area contributed by atoms with E-state index in [2.05, 4.69) is 18.2 Å². The fourth-order valence-corrected chi connectivity index (χ4v) is 2.49. The molecule has 64 valence electrons. The second kappa shape index (κ2) is 2.01. The Hall–Kier alpha value is -0.600. The second-order valence-corrected chi connectivity index (χ2v) is 3.70. The van der Waals surface area contributed by atoms with Gasteiger partial charge in [-0.1, -0.05) is 18.2 Å². The Kier molecular flexibility index (Phi) is 1.15. The quantitative estimate of drug-likeness (QED) is 0.547. The standard InChI is InChI=1S/C10H12O2/c1-11-8-5-6-10-7(8)3-2-4-9(10)12-10/h2-4,8-9H,5-6H2,1H3. The molecule has 3 aliphatic rings. The summed E-state index contributed by atoms with van der Waals surface area (Å²) in [6, 6.07) is 0. The molecule has 2 nitrogen and oxygen atoms in total. The van der Waals surface area contributed by atoms with E-state index in [1.807, 2.05) is 0 Å². The summed E-state index contributed by atoms with van der Waals surface area (Å²) in [5.74, 6) is 0. The van der Waals surface area contributed by atoms with E-state index < -0.39 is 0 Å². The Labute approximate surface area is 71.9 Å². The molecule has 1 saturated carbocycles.